The molecule has 3 aromatic rings. The van der Waals surface area contributed by atoms with Crippen LogP contribution in [-0.4, -0.2) is 41.4 Å². The standard InChI is InChI=1S/C21H18N2O5/c24-18(16-5-8-19-20(13-16)27-12-2-11-26-19)14-28-21(25)15-3-6-17(7-4-15)23-10-1-9-22-23/h1,3-10,13H,2,11-12,14H2. The van der Waals surface area contributed by atoms with E-state index in [9.17, 15) is 9.59 Å². The molecule has 4 rings (SSSR count). The molecule has 2 aromatic carbocycles. The van der Waals surface area contributed by atoms with Gasteiger partial charge < -0.3 is 14.2 Å². The number of benzene rings is 2. The van der Waals surface area contributed by atoms with Crippen molar-refractivity contribution in [2.24, 2.45) is 0 Å². The third-order valence-corrected chi connectivity index (χ3v) is 4.28. The van der Waals surface area contributed by atoms with Gasteiger partial charge in [0, 0.05) is 24.4 Å². The summed E-state index contributed by atoms with van der Waals surface area (Å²) in [7, 11) is 0. The summed E-state index contributed by atoms with van der Waals surface area (Å²) in [5.74, 6) is 0.277. The van der Waals surface area contributed by atoms with E-state index in [0.717, 1.165) is 12.1 Å². The van der Waals surface area contributed by atoms with Crippen LogP contribution >= 0.6 is 0 Å². The summed E-state index contributed by atoms with van der Waals surface area (Å²) in [6.45, 7) is 0.768. The minimum Gasteiger partial charge on any atom is -0.490 e. The quantitative estimate of drug-likeness (QED) is 0.501. The topological polar surface area (TPSA) is 79.7 Å². The zero-order valence-electron chi connectivity index (χ0n) is 15.0. The van der Waals surface area contributed by atoms with Crippen LogP contribution in [0.5, 0.6) is 11.5 Å². The van der Waals surface area contributed by atoms with Crippen molar-refractivity contribution < 1.29 is 23.8 Å². The van der Waals surface area contributed by atoms with Crippen LogP contribution in [0.2, 0.25) is 0 Å². The van der Waals surface area contributed by atoms with E-state index in [0.29, 0.717) is 35.8 Å². The van der Waals surface area contributed by atoms with E-state index in [-0.39, 0.29) is 12.4 Å². The first kappa shape index (κ1) is 17.8. The Labute approximate surface area is 161 Å². The lowest BCUT2D eigenvalue weighted by atomic mass is 10.1. The van der Waals surface area contributed by atoms with Crippen molar-refractivity contribution in [1.82, 2.24) is 9.78 Å². The number of nitrogens with zero attached hydrogens (tertiary/aromatic N) is 2. The lowest BCUT2D eigenvalue weighted by Crippen LogP contribution is -2.14. The smallest absolute Gasteiger partial charge is 0.338 e. The molecule has 0 spiro atoms. The van der Waals surface area contributed by atoms with E-state index in [1.807, 2.05) is 6.07 Å². The number of fused-ring (bicyclic) bond motifs is 1. The predicted octanol–water partition coefficient (Wildman–Crippen LogP) is 3.07. The van der Waals surface area contributed by atoms with Crippen molar-refractivity contribution in [1.29, 1.82) is 0 Å². The fourth-order valence-electron chi connectivity index (χ4n) is 2.81. The Bertz CT molecular complexity index is 981. The Hall–Kier alpha value is -3.61. The van der Waals surface area contributed by atoms with Crippen molar-refractivity contribution in [3.05, 3.63) is 72.1 Å². The number of Topliss-reactive ketones (excluding diaryl/α,β-unsaturated/α-hetero) is 1. The molecule has 0 saturated carbocycles. The molecule has 0 bridgehead atoms. The molecule has 0 unspecified atom stereocenters. The normalized spacial score (nSPS) is 12.9. The summed E-state index contributed by atoms with van der Waals surface area (Å²) >= 11 is 0. The van der Waals surface area contributed by atoms with Gasteiger partial charge in [0.25, 0.3) is 0 Å². The third kappa shape index (κ3) is 3.88. The summed E-state index contributed by atoms with van der Waals surface area (Å²) in [4.78, 5) is 24.6. The molecule has 0 saturated heterocycles. The van der Waals surface area contributed by atoms with Crippen LogP contribution in [0.4, 0.5) is 0 Å². The Morgan fingerprint density at radius 1 is 1.00 bits per heavy atom. The molecule has 0 N–H and O–H groups in total. The fourth-order valence-corrected chi connectivity index (χ4v) is 2.81. The van der Waals surface area contributed by atoms with Crippen molar-refractivity contribution in [2.75, 3.05) is 19.8 Å². The Kier molecular flexibility index (Phi) is 5.05. The molecule has 1 aliphatic heterocycles. The van der Waals surface area contributed by atoms with Crippen molar-refractivity contribution in [3.63, 3.8) is 0 Å². The number of ether oxygens (including phenoxy) is 3. The van der Waals surface area contributed by atoms with Gasteiger partial charge in [-0.3, -0.25) is 4.79 Å². The van der Waals surface area contributed by atoms with Crippen molar-refractivity contribution >= 4 is 11.8 Å². The molecule has 142 valence electrons. The Morgan fingerprint density at radius 3 is 2.50 bits per heavy atom. The first-order valence-electron chi connectivity index (χ1n) is 8.91. The van der Waals surface area contributed by atoms with Crippen LogP contribution in [0.25, 0.3) is 5.69 Å². The molecule has 0 fully saturated rings. The molecule has 7 heteroatoms. The van der Waals surface area contributed by atoms with Crippen LogP contribution in [-0.2, 0) is 4.74 Å². The molecule has 0 atom stereocenters. The largest absolute Gasteiger partial charge is 0.490 e. The van der Waals surface area contributed by atoms with Gasteiger partial charge in [-0.25, -0.2) is 9.48 Å². The number of aromatic nitrogens is 2. The molecule has 28 heavy (non-hydrogen) atoms. The van der Waals surface area contributed by atoms with Gasteiger partial charge >= 0.3 is 5.97 Å². The van der Waals surface area contributed by atoms with Gasteiger partial charge in [-0.05, 0) is 48.5 Å². The maximum absolute atomic E-state index is 12.4. The van der Waals surface area contributed by atoms with Gasteiger partial charge in [0.05, 0.1) is 24.5 Å². The van der Waals surface area contributed by atoms with Gasteiger partial charge in [0.15, 0.2) is 23.9 Å². The average Bonchev–Trinajstić information content (AvgIpc) is 3.17. The van der Waals surface area contributed by atoms with Gasteiger partial charge in [-0.1, -0.05) is 0 Å². The summed E-state index contributed by atoms with van der Waals surface area (Å²) < 4.78 is 18.0. The maximum Gasteiger partial charge on any atom is 0.338 e. The predicted molar refractivity (Wildman–Crippen MR) is 100 cm³/mol. The summed E-state index contributed by atoms with van der Waals surface area (Å²) in [6.07, 6.45) is 4.27. The molecular weight excluding hydrogens is 360 g/mol. The van der Waals surface area contributed by atoms with E-state index in [1.165, 1.54) is 0 Å². The lowest BCUT2D eigenvalue weighted by molar-refractivity contribution is 0.0474. The molecule has 1 aliphatic rings. The number of hydrogen-bond acceptors (Lipinski definition) is 6. The van der Waals surface area contributed by atoms with Crippen LogP contribution in [0.3, 0.4) is 0 Å². The molecule has 0 radical (unpaired) electrons. The molecule has 7 nitrogen and oxygen atoms in total. The number of ketones is 1. The minimum absolute atomic E-state index is 0.308. The van der Waals surface area contributed by atoms with Crippen LogP contribution in [0.15, 0.2) is 60.9 Å². The highest BCUT2D eigenvalue weighted by atomic mass is 16.5. The SMILES string of the molecule is O=C(COC(=O)c1ccc(-n2cccn2)cc1)c1ccc2c(c1)OCCCO2. The van der Waals surface area contributed by atoms with E-state index < -0.39 is 5.97 Å². The molecule has 1 aromatic heterocycles. The number of carbonyl (C=O) groups is 2. The fraction of sp³-hybridized carbons (Fsp3) is 0.190. The third-order valence-electron chi connectivity index (χ3n) is 4.28. The second-order valence-electron chi connectivity index (χ2n) is 6.21. The van der Waals surface area contributed by atoms with Crippen LogP contribution in [0.1, 0.15) is 27.1 Å². The molecule has 0 aliphatic carbocycles. The van der Waals surface area contributed by atoms with Crippen LogP contribution in [0, 0.1) is 0 Å². The molecule has 2 heterocycles. The van der Waals surface area contributed by atoms with Gasteiger partial charge in [-0.2, -0.15) is 5.10 Å². The Balaban J connectivity index is 1.38. The summed E-state index contributed by atoms with van der Waals surface area (Å²) in [5.41, 5.74) is 1.60. The second-order valence-corrected chi connectivity index (χ2v) is 6.21. The minimum atomic E-state index is -0.560. The molecule has 0 amide bonds. The summed E-state index contributed by atoms with van der Waals surface area (Å²) in [5, 5.41) is 4.13. The number of carbonyl (C=O) groups excluding carboxylic acids is 2. The van der Waals surface area contributed by atoms with Crippen molar-refractivity contribution in [3.8, 4) is 17.2 Å². The van der Waals surface area contributed by atoms with E-state index in [2.05, 4.69) is 5.10 Å². The number of esters is 1. The average molecular weight is 378 g/mol. The van der Waals surface area contributed by atoms with E-state index in [4.69, 9.17) is 14.2 Å². The highest BCUT2D eigenvalue weighted by Gasteiger charge is 2.16. The van der Waals surface area contributed by atoms with Gasteiger partial charge in [0.1, 0.15) is 0 Å². The highest BCUT2D eigenvalue weighted by molar-refractivity contribution is 5.99. The Morgan fingerprint density at radius 2 is 1.75 bits per heavy atom. The van der Waals surface area contributed by atoms with Crippen molar-refractivity contribution in [2.45, 2.75) is 6.42 Å². The maximum atomic E-state index is 12.4. The van der Waals surface area contributed by atoms with Gasteiger partial charge in [-0.15, -0.1) is 0 Å². The second kappa shape index (κ2) is 7.96. The zero-order chi connectivity index (χ0) is 19.3. The summed E-state index contributed by atoms with van der Waals surface area (Å²) in [6, 6.07) is 13.6. The monoisotopic (exact) mass is 378 g/mol. The molecular formula is C21H18N2O5. The van der Waals surface area contributed by atoms with E-state index >= 15 is 0 Å². The first-order valence-corrected chi connectivity index (χ1v) is 8.91. The van der Waals surface area contributed by atoms with E-state index in [1.54, 1.807) is 59.5 Å². The number of rotatable bonds is 5. The van der Waals surface area contributed by atoms with Gasteiger partial charge in [0.2, 0.25) is 0 Å². The lowest BCUT2D eigenvalue weighted by Gasteiger charge is -2.09. The van der Waals surface area contributed by atoms with Crippen LogP contribution < -0.4 is 9.47 Å². The zero-order valence-corrected chi connectivity index (χ0v) is 15.0. The highest BCUT2D eigenvalue weighted by Crippen LogP contribution is 2.30. The number of hydrogen-bond donors (Lipinski definition) is 0. The first-order chi connectivity index (χ1) is 13.7.